The first-order valence-electron chi connectivity index (χ1n) is 7.20. The lowest BCUT2D eigenvalue weighted by Crippen LogP contribution is -2.53. The van der Waals surface area contributed by atoms with Crippen LogP contribution < -0.4 is 5.73 Å². The molecular weight excluding hydrogens is 316 g/mol. The Hall–Kier alpha value is -0.420. The lowest BCUT2D eigenvalue weighted by atomic mass is 9.98. The van der Waals surface area contributed by atoms with E-state index in [-0.39, 0.29) is 17.7 Å². The average Bonchev–Trinajstić information content (AvgIpc) is 2.32. The molecule has 0 bridgehead atoms. The van der Waals surface area contributed by atoms with Crippen LogP contribution in [0, 0.1) is 6.92 Å². The third-order valence-electron chi connectivity index (χ3n) is 3.84. The second kappa shape index (κ2) is 6.14. The molecule has 1 aromatic rings. The van der Waals surface area contributed by atoms with Crippen molar-refractivity contribution in [1.82, 2.24) is 4.90 Å². The molecule has 1 aliphatic heterocycles. The highest BCUT2D eigenvalue weighted by Crippen LogP contribution is 2.30. The van der Waals surface area contributed by atoms with Gasteiger partial charge in [0, 0.05) is 30.1 Å². The minimum absolute atomic E-state index is 0.118. The van der Waals surface area contributed by atoms with Crippen LogP contribution in [0.25, 0.3) is 0 Å². The Morgan fingerprint density at radius 1 is 1.50 bits per heavy atom. The number of hydrogen-bond donors (Lipinski definition) is 1. The van der Waals surface area contributed by atoms with Gasteiger partial charge in [0.2, 0.25) is 0 Å². The van der Waals surface area contributed by atoms with Crippen molar-refractivity contribution in [3.63, 3.8) is 0 Å². The van der Waals surface area contributed by atoms with Gasteiger partial charge in [-0.3, -0.25) is 4.90 Å². The van der Waals surface area contributed by atoms with E-state index in [1.54, 1.807) is 0 Å². The zero-order valence-corrected chi connectivity index (χ0v) is 14.4. The van der Waals surface area contributed by atoms with Crippen LogP contribution in [0.5, 0.6) is 0 Å². The molecule has 2 unspecified atom stereocenters. The van der Waals surface area contributed by atoms with E-state index >= 15 is 0 Å². The standard InChI is InChI=1S/C16H25BrN2O/c1-11-5-6-13(7-14(11)17)15(8-18)19-9-12(2)20-16(3,4)10-19/h5-7,12,15H,8-10,18H2,1-4H3. The zero-order chi connectivity index (χ0) is 14.9. The number of halogens is 1. The quantitative estimate of drug-likeness (QED) is 0.917. The van der Waals surface area contributed by atoms with Crippen molar-refractivity contribution in [3.05, 3.63) is 33.8 Å². The van der Waals surface area contributed by atoms with Crippen LogP contribution in [-0.4, -0.2) is 36.2 Å². The van der Waals surface area contributed by atoms with Crippen LogP contribution in [0.15, 0.2) is 22.7 Å². The molecule has 20 heavy (non-hydrogen) atoms. The Labute approximate surface area is 130 Å². The Kier molecular flexibility index (Phi) is 4.90. The predicted molar refractivity (Wildman–Crippen MR) is 86.9 cm³/mol. The molecule has 0 saturated carbocycles. The van der Waals surface area contributed by atoms with Crippen LogP contribution in [0.3, 0.4) is 0 Å². The maximum atomic E-state index is 6.06. The van der Waals surface area contributed by atoms with Crippen LogP contribution in [0.4, 0.5) is 0 Å². The summed E-state index contributed by atoms with van der Waals surface area (Å²) in [6, 6.07) is 6.78. The van der Waals surface area contributed by atoms with E-state index in [9.17, 15) is 0 Å². The highest BCUT2D eigenvalue weighted by atomic mass is 79.9. The Morgan fingerprint density at radius 3 is 2.75 bits per heavy atom. The van der Waals surface area contributed by atoms with E-state index in [4.69, 9.17) is 10.5 Å². The molecule has 1 saturated heterocycles. The Balaban J connectivity index is 2.25. The summed E-state index contributed by atoms with van der Waals surface area (Å²) >= 11 is 3.62. The number of hydrogen-bond acceptors (Lipinski definition) is 3. The van der Waals surface area contributed by atoms with E-state index < -0.39 is 0 Å². The molecule has 1 aliphatic rings. The molecule has 0 aromatic heterocycles. The molecule has 0 amide bonds. The van der Waals surface area contributed by atoms with Gasteiger partial charge in [-0.1, -0.05) is 28.1 Å². The first kappa shape index (κ1) is 16.0. The van der Waals surface area contributed by atoms with E-state index in [0.717, 1.165) is 17.6 Å². The van der Waals surface area contributed by atoms with Crippen molar-refractivity contribution in [3.8, 4) is 0 Å². The summed E-state index contributed by atoms with van der Waals surface area (Å²) < 4.78 is 7.13. The van der Waals surface area contributed by atoms with Gasteiger partial charge < -0.3 is 10.5 Å². The lowest BCUT2D eigenvalue weighted by Gasteiger charge is -2.45. The second-order valence-corrected chi connectivity index (χ2v) is 7.23. The van der Waals surface area contributed by atoms with Crippen molar-refractivity contribution in [2.45, 2.75) is 45.4 Å². The summed E-state index contributed by atoms with van der Waals surface area (Å²) in [6.45, 7) is 11.0. The Bertz CT molecular complexity index is 476. The molecule has 0 radical (unpaired) electrons. The molecule has 112 valence electrons. The van der Waals surface area contributed by atoms with Crippen molar-refractivity contribution in [2.75, 3.05) is 19.6 Å². The van der Waals surface area contributed by atoms with Gasteiger partial charge in [0.25, 0.3) is 0 Å². The number of benzene rings is 1. The third kappa shape index (κ3) is 3.61. The monoisotopic (exact) mass is 340 g/mol. The zero-order valence-electron chi connectivity index (χ0n) is 12.8. The van der Waals surface area contributed by atoms with E-state index in [1.807, 2.05) is 0 Å². The number of morpholine rings is 1. The molecule has 2 rings (SSSR count). The first-order valence-corrected chi connectivity index (χ1v) is 7.99. The molecular formula is C16H25BrN2O. The summed E-state index contributed by atoms with van der Waals surface area (Å²) in [5, 5.41) is 0. The number of nitrogens with two attached hydrogens (primary N) is 1. The molecule has 4 heteroatoms. The normalized spacial score (nSPS) is 24.6. The first-order chi connectivity index (χ1) is 9.32. The number of rotatable bonds is 3. The highest BCUT2D eigenvalue weighted by Gasteiger charge is 2.34. The van der Waals surface area contributed by atoms with Gasteiger partial charge >= 0.3 is 0 Å². The van der Waals surface area contributed by atoms with Crippen LogP contribution in [0.1, 0.15) is 37.9 Å². The fourth-order valence-electron chi connectivity index (χ4n) is 3.05. The maximum Gasteiger partial charge on any atom is 0.0757 e. The van der Waals surface area contributed by atoms with Crippen LogP contribution in [0.2, 0.25) is 0 Å². The molecule has 1 aromatic carbocycles. The van der Waals surface area contributed by atoms with E-state index in [2.05, 4.69) is 66.7 Å². The lowest BCUT2D eigenvalue weighted by molar-refractivity contribution is -0.137. The SMILES string of the molecule is Cc1ccc(C(CN)N2CC(C)OC(C)(C)C2)cc1Br. The van der Waals surface area contributed by atoms with E-state index in [1.165, 1.54) is 11.1 Å². The number of aryl methyl sites for hydroxylation is 1. The molecule has 0 aliphatic carbocycles. The van der Waals surface area contributed by atoms with Crippen LogP contribution >= 0.6 is 15.9 Å². The summed E-state index contributed by atoms with van der Waals surface area (Å²) in [5.74, 6) is 0. The Morgan fingerprint density at radius 2 is 2.20 bits per heavy atom. The third-order valence-corrected chi connectivity index (χ3v) is 4.69. The van der Waals surface area contributed by atoms with Gasteiger partial charge in [-0.25, -0.2) is 0 Å². The summed E-state index contributed by atoms with van der Waals surface area (Å²) in [7, 11) is 0. The van der Waals surface area contributed by atoms with Gasteiger partial charge in [-0.15, -0.1) is 0 Å². The van der Waals surface area contributed by atoms with Gasteiger partial charge in [-0.2, -0.15) is 0 Å². The van der Waals surface area contributed by atoms with Crippen LogP contribution in [-0.2, 0) is 4.74 Å². The van der Waals surface area contributed by atoms with Gasteiger partial charge in [0.1, 0.15) is 0 Å². The van der Waals surface area contributed by atoms with Crippen molar-refractivity contribution >= 4 is 15.9 Å². The topological polar surface area (TPSA) is 38.5 Å². The second-order valence-electron chi connectivity index (χ2n) is 6.38. The maximum absolute atomic E-state index is 6.06. The molecule has 1 fully saturated rings. The smallest absolute Gasteiger partial charge is 0.0757 e. The van der Waals surface area contributed by atoms with Gasteiger partial charge in [0.15, 0.2) is 0 Å². The fourth-order valence-corrected chi connectivity index (χ4v) is 3.45. The average molecular weight is 341 g/mol. The summed E-state index contributed by atoms with van der Waals surface area (Å²) in [4.78, 5) is 2.45. The van der Waals surface area contributed by atoms with Crippen molar-refractivity contribution in [2.24, 2.45) is 5.73 Å². The molecule has 0 spiro atoms. The minimum Gasteiger partial charge on any atom is -0.370 e. The van der Waals surface area contributed by atoms with E-state index in [0.29, 0.717) is 6.54 Å². The largest absolute Gasteiger partial charge is 0.370 e. The molecule has 2 atom stereocenters. The van der Waals surface area contributed by atoms with Gasteiger partial charge in [-0.05, 0) is 44.9 Å². The minimum atomic E-state index is -0.118. The molecule has 3 nitrogen and oxygen atoms in total. The van der Waals surface area contributed by atoms with Crippen molar-refractivity contribution < 1.29 is 4.74 Å². The number of nitrogens with zero attached hydrogens (tertiary/aromatic N) is 1. The number of ether oxygens (including phenoxy) is 1. The van der Waals surface area contributed by atoms with Crippen molar-refractivity contribution in [1.29, 1.82) is 0 Å². The fraction of sp³-hybridized carbons (Fsp3) is 0.625. The highest BCUT2D eigenvalue weighted by molar-refractivity contribution is 9.10. The molecule has 1 heterocycles. The predicted octanol–water partition coefficient (Wildman–Crippen LogP) is 3.26. The van der Waals surface area contributed by atoms with Gasteiger partial charge in [0.05, 0.1) is 11.7 Å². The summed E-state index contributed by atoms with van der Waals surface area (Å²) in [5.41, 5.74) is 8.47. The summed E-state index contributed by atoms with van der Waals surface area (Å²) in [6.07, 6.45) is 0.238. The molecule has 2 N–H and O–H groups in total.